The lowest BCUT2D eigenvalue weighted by atomic mass is 10.2. The fraction of sp³-hybridized carbons (Fsp3) is 0.0667. The van der Waals surface area contributed by atoms with Gasteiger partial charge in [-0.2, -0.15) is 0 Å². The van der Waals surface area contributed by atoms with Crippen LogP contribution in [-0.2, 0) is 10.0 Å². The minimum absolute atomic E-state index is 0.0271. The Bertz CT molecular complexity index is 845. The SMILES string of the molecule is Cc1ccccc1S(=O)(=O)NC(=O)Nc1ccc(C(N)=O)cc1. The van der Waals surface area contributed by atoms with E-state index in [1.807, 2.05) is 4.72 Å². The van der Waals surface area contributed by atoms with Crippen molar-refractivity contribution in [1.82, 2.24) is 4.72 Å². The molecule has 7 nitrogen and oxygen atoms in total. The summed E-state index contributed by atoms with van der Waals surface area (Å²) in [6.45, 7) is 1.63. The van der Waals surface area contributed by atoms with Gasteiger partial charge in [0.1, 0.15) is 0 Å². The zero-order chi connectivity index (χ0) is 17.0. The van der Waals surface area contributed by atoms with E-state index >= 15 is 0 Å². The van der Waals surface area contributed by atoms with Crippen molar-refractivity contribution in [3.05, 3.63) is 59.7 Å². The maximum Gasteiger partial charge on any atom is 0.333 e. The normalized spacial score (nSPS) is 10.8. The van der Waals surface area contributed by atoms with Gasteiger partial charge in [0.25, 0.3) is 10.0 Å². The predicted octanol–water partition coefficient (Wildman–Crippen LogP) is 1.60. The van der Waals surface area contributed by atoms with Crippen molar-refractivity contribution in [2.75, 3.05) is 5.32 Å². The van der Waals surface area contributed by atoms with E-state index in [-0.39, 0.29) is 10.5 Å². The van der Waals surface area contributed by atoms with Crippen molar-refractivity contribution >= 4 is 27.6 Å². The van der Waals surface area contributed by atoms with Crippen molar-refractivity contribution in [3.8, 4) is 0 Å². The molecule has 0 fully saturated rings. The Morgan fingerprint density at radius 3 is 2.17 bits per heavy atom. The molecule has 2 aromatic carbocycles. The number of carbonyl (C=O) groups is 2. The number of urea groups is 1. The molecule has 0 saturated carbocycles. The van der Waals surface area contributed by atoms with Gasteiger partial charge in [-0.3, -0.25) is 4.79 Å². The first-order chi connectivity index (χ1) is 10.8. The number of carbonyl (C=O) groups excluding carboxylic acids is 2. The average Bonchev–Trinajstić information content (AvgIpc) is 2.47. The van der Waals surface area contributed by atoms with Crippen LogP contribution in [0.4, 0.5) is 10.5 Å². The number of hydrogen-bond donors (Lipinski definition) is 3. The number of nitrogens with one attached hydrogen (secondary N) is 2. The highest BCUT2D eigenvalue weighted by atomic mass is 32.2. The van der Waals surface area contributed by atoms with Gasteiger partial charge in [0.15, 0.2) is 0 Å². The Kier molecular flexibility index (Phi) is 4.65. The minimum Gasteiger partial charge on any atom is -0.366 e. The summed E-state index contributed by atoms with van der Waals surface area (Å²) in [5, 5.41) is 2.37. The lowest BCUT2D eigenvalue weighted by Crippen LogP contribution is -2.34. The second-order valence-corrected chi connectivity index (χ2v) is 6.42. The number of nitrogens with two attached hydrogens (primary N) is 1. The molecule has 0 radical (unpaired) electrons. The van der Waals surface area contributed by atoms with E-state index < -0.39 is 22.0 Å². The highest BCUT2D eigenvalue weighted by Gasteiger charge is 2.19. The molecule has 0 aliphatic carbocycles. The van der Waals surface area contributed by atoms with Crippen LogP contribution in [0.3, 0.4) is 0 Å². The van der Waals surface area contributed by atoms with E-state index in [1.165, 1.54) is 30.3 Å². The molecule has 0 aliphatic heterocycles. The molecular formula is C15H15N3O4S. The van der Waals surface area contributed by atoms with Gasteiger partial charge in [-0.1, -0.05) is 18.2 Å². The molecule has 2 rings (SSSR count). The van der Waals surface area contributed by atoms with Gasteiger partial charge in [0.05, 0.1) is 4.90 Å². The smallest absolute Gasteiger partial charge is 0.333 e. The Labute approximate surface area is 133 Å². The molecule has 8 heteroatoms. The van der Waals surface area contributed by atoms with Crippen LogP contribution in [0.25, 0.3) is 0 Å². The Balaban J connectivity index is 2.10. The van der Waals surface area contributed by atoms with Crippen LogP contribution in [0.15, 0.2) is 53.4 Å². The summed E-state index contributed by atoms with van der Waals surface area (Å²) < 4.78 is 26.3. The monoisotopic (exact) mass is 333 g/mol. The van der Waals surface area contributed by atoms with Crippen LogP contribution in [0, 0.1) is 6.92 Å². The molecule has 0 unspecified atom stereocenters. The number of aryl methyl sites for hydroxylation is 1. The summed E-state index contributed by atoms with van der Waals surface area (Å²) in [7, 11) is -3.97. The van der Waals surface area contributed by atoms with Gasteiger partial charge in [-0.15, -0.1) is 0 Å². The lowest BCUT2D eigenvalue weighted by Gasteiger charge is -2.10. The van der Waals surface area contributed by atoms with Crippen molar-refractivity contribution in [1.29, 1.82) is 0 Å². The third-order valence-electron chi connectivity index (χ3n) is 3.04. The molecule has 0 saturated heterocycles. The molecule has 120 valence electrons. The van der Waals surface area contributed by atoms with E-state index in [2.05, 4.69) is 5.32 Å². The molecule has 0 aromatic heterocycles. The Hall–Kier alpha value is -2.87. The number of hydrogen-bond acceptors (Lipinski definition) is 4. The van der Waals surface area contributed by atoms with E-state index in [0.717, 1.165) is 0 Å². The number of rotatable bonds is 4. The maximum absolute atomic E-state index is 12.2. The second kappa shape index (κ2) is 6.49. The fourth-order valence-corrected chi connectivity index (χ4v) is 3.06. The first-order valence-electron chi connectivity index (χ1n) is 6.59. The first-order valence-corrected chi connectivity index (χ1v) is 8.07. The molecule has 0 atom stereocenters. The fourth-order valence-electron chi connectivity index (χ4n) is 1.91. The van der Waals surface area contributed by atoms with E-state index in [0.29, 0.717) is 11.3 Å². The average molecular weight is 333 g/mol. The standard InChI is InChI=1S/C15H15N3O4S/c1-10-4-2-3-5-13(10)23(21,22)18-15(20)17-12-8-6-11(7-9-12)14(16)19/h2-9H,1H3,(H2,16,19)(H2,17,18,20). The zero-order valence-electron chi connectivity index (χ0n) is 12.2. The van der Waals surface area contributed by atoms with Crippen LogP contribution < -0.4 is 15.8 Å². The van der Waals surface area contributed by atoms with Crippen LogP contribution in [0.1, 0.15) is 15.9 Å². The molecule has 0 aliphatic rings. The highest BCUT2D eigenvalue weighted by molar-refractivity contribution is 7.90. The van der Waals surface area contributed by atoms with Gasteiger partial charge in [0, 0.05) is 11.3 Å². The number of sulfonamides is 1. The Morgan fingerprint density at radius 2 is 1.61 bits per heavy atom. The molecule has 0 bridgehead atoms. The van der Waals surface area contributed by atoms with Crippen molar-refractivity contribution in [3.63, 3.8) is 0 Å². The second-order valence-electron chi connectivity index (χ2n) is 4.77. The molecule has 0 heterocycles. The van der Waals surface area contributed by atoms with Gasteiger partial charge in [-0.05, 0) is 42.8 Å². The highest BCUT2D eigenvalue weighted by Crippen LogP contribution is 2.14. The van der Waals surface area contributed by atoms with Gasteiger partial charge < -0.3 is 11.1 Å². The molecule has 4 N–H and O–H groups in total. The van der Waals surface area contributed by atoms with E-state index in [4.69, 9.17) is 5.73 Å². The van der Waals surface area contributed by atoms with Gasteiger partial charge >= 0.3 is 6.03 Å². The van der Waals surface area contributed by atoms with E-state index in [1.54, 1.807) is 25.1 Å². The number of anilines is 1. The van der Waals surface area contributed by atoms with Gasteiger partial charge in [0.2, 0.25) is 5.91 Å². The van der Waals surface area contributed by atoms with Crippen molar-refractivity contribution in [2.45, 2.75) is 11.8 Å². The number of amides is 3. The van der Waals surface area contributed by atoms with Crippen LogP contribution in [-0.4, -0.2) is 20.4 Å². The predicted molar refractivity (Wildman–Crippen MR) is 85.5 cm³/mol. The summed E-state index contributed by atoms with van der Waals surface area (Å²) in [6.07, 6.45) is 0. The summed E-state index contributed by atoms with van der Waals surface area (Å²) in [6, 6.07) is 11.2. The zero-order valence-corrected chi connectivity index (χ0v) is 13.1. The van der Waals surface area contributed by atoms with Crippen molar-refractivity contribution in [2.24, 2.45) is 5.73 Å². The summed E-state index contributed by atoms with van der Waals surface area (Å²) >= 11 is 0. The van der Waals surface area contributed by atoms with Crippen LogP contribution in [0.5, 0.6) is 0 Å². The number of benzene rings is 2. The molecule has 2 aromatic rings. The molecule has 0 spiro atoms. The van der Waals surface area contributed by atoms with Gasteiger partial charge in [-0.25, -0.2) is 17.9 Å². The third-order valence-corrected chi connectivity index (χ3v) is 4.53. The minimum atomic E-state index is -3.97. The maximum atomic E-state index is 12.2. The summed E-state index contributed by atoms with van der Waals surface area (Å²) in [4.78, 5) is 22.8. The van der Waals surface area contributed by atoms with Crippen LogP contribution >= 0.6 is 0 Å². The molecule has 3 amide bonds. The van der Waals surface area contributed by atoms with Crippen molar-refractivity contribution < 1.29 is 18.0 Å². The van der Waals surface area contributed by atoms with Crippen LogP contribution in [0.2, 0.25) is 0 Å². The Morgan fingerprint density at radius 1 is 1.00 bits per heavy atom. The first kappa shape index (κ1) is 16.5. The lowest BCUT2D eigenvalue weighted by molar-refractivity contribution is 0.100. The summed E-state index contributed by atoms with van der Waals surface area (Å²) in [5.74, 6) is -0.594. The molecular weight excluding hydrogens is 318 g/mol. The third kappa shape index (κ3) is 4.07. The number of primary amides is 1. The summed E-state index contributed by atoms with van der Waals surface area (Å²) in [5.41, 5.74) is 6.24. The quantitative estimate of drug-likeness (QED) is 0.787. The largest absolute Gasteiger partial charge is 0.366 e. The topological polar surface area (TPSA) is 118 Å². The van der Waals surface area contributed by atoms with E-state index in [9.17, 15) is 18.0 Å². The molecule has 23 heavy (non-hydrogen) atoms.